The van der Waals surface area contributed by atoms with Crippen molar-refractivity contribution in [2.24, 2.45) is 5.16 Å². The molecule has 0 saturated heterocycles. The Morgan fingerprint density at radius 1 is 1.19 bits per heavy atom. The third-order valence-electron chi connectivity index (χ3n) is 5.35. The minimum Gasteiger partial charge on any atom is -0.454 e. The zero-order chi connectivity index (χ0) is 21.2. The van der Waals surface area contributed by atoms with E-state index in [1.807, 2.05) is 61.7 Å². The van der Waals surface area contributed by atoms with E-state index in [1.54, 1.807) is 10.9 Å². The van der Waals surface area contributed by atoms with Crippen LogP contribution in [0.1, 0.15) is 30.5 Å². The van der Waals surface area contributed by atoms with Crippen LogP contribution in [-0.4, -0.2) is 34.3 Å². The molecule has 0 aliphatic carbocycles. The molecule has 0 fully saturated rings. The molecular formula is C23H22N4O4. The number of ether oxygens (including phenoxy) is 2. The Labute approximate surface area is 179 Å². The van der Waals surface area contributed by atoms with E-state index in [-0.39, 0.29) is 18.7 Å². The van der Waals surface area contributed by atoms with Gasteiger partial charge in [-0.2, -0.15) is 5.10 Å². The molecule has 8 heteroatoms. The van der Waals surface area contributed by atoms with Crippen LogP contribution in [0.2, 0.25) is 0 Å². The molecule has 0 radical (unpaired) electrons. The summed E-state index contributed by atoms with van der Waals surface area (Å²) < 4.78 is 12.5. The number of nitrogens with zero attached hydrogens (tertiary/aromatic N) is 3. The van der Waals surface area contributed by atoms with Gasteiger partial charge in [-0.05, 0) is 36.8 Å². The lowest BCUT2D eigenvalue weighted by molar-refractivity contribution is -0.131. The van der Waals surface area contributed by atoms with Crippen molar-refractivity contribution in [2.45, 2.75) is 31.9 Å². The summed E-state index contributed by atoms with van der Waals surface area (Å²) in [5.74, 6) is 1.29. The van der Waals surface area contributed by atoms with Gasteiger partial charge in [0.15, 0.2) is 11.5 Å². The van der Waals surface area contributed by atoms with Crippen molar-refractivity contribution >= 4 is 11.6 Å². The van der Waals surface area contributed by atoms with Crippen LogP contribution in [0.15, 0.2) is 66.1 Å². The van der Waals surface area contributed by atoms with Gasteiger partial charge in [-0.1, -0.05) is 29.4 Å². The number of benzene rings is 2. The first-order valence-corrected chi connectivity index (χ1v) is 10.2. The second-order valence-electron chi connectivity index (χ2n) is 7.60. The van der Waals surface area contributed by atoms with Crippen LogP contribution in [0.3, 0.4) is 0 Å². The van der Waals surface area contributed by atoms with Crippen molar-refractivity contribution in [2.75, 3.05) is 6.79 Å². The molecule has 5 rings (SSSR count). The third kappa shape index (κ3) is 4.09. The number of oxime groups is 1. The first-order valence-electron chi connectivity index (χ1n) is 10.2. The number of nitrogens with one attached hydrogen (secondary N) is 1. The lowest BCUT2D eigenvalue weighted by atomic mass is 10.0. The largest absolute Gasteiger partial charge is 0.454 e. The number of para-hydroxylation sites is 1. The SMILES string of the molecule is C[C@H](NC(=O)[C@@H]1CC(Cc2ccc3c(c2)OCO3)=NO1)c1cnn(-c2ccccc2)c1. The predicted octanol–water partition coefficient (Wildman–Crippen LogP) is 3.17. The molecule has 1 N–H and O–H groups in total. The summed E-state index contributed by atoms with van der Waals surface area (Å²) in [6, 6.07) is 15.4. The van der Waals surface area contributed by atoms with E-state index in [1.165, 1.54) is 0 Å². The molecule has 2 atom stereocenters. The maximum atomic E-state index is 12.7. The first-order chi connectivity index (χ1) is 15.2. The standard InChI is InChI=1S/C23H22N4O4/c1-15(17-12-24-27(13-17)19-5-3-2-4-6-19)25-23(28)22-11-18(26-31-22)9-16-7-8-20-21(10-16)30-14-29-20/h2-8,10,12-13,15,22H,9,11,14H2,1H3,(H,25,28)/t15-,22-/m0/s1. The van der Waals surface area contributed by atoms with Crippen LogP contribution in [0, 0.1) is 0 Å². The van der Waals surface area contributed by atoms with Gasteiger partial charge in [-0.25, -0.2) is 4.68 Å². The zero-order valence-corrected chi connectivity index (χ0v) is 17.0. The van der Waals surface area contributed by atoms with E-state index < -0.39 is 6.10 Å². The molecule has 0 saturated carbocycles. The molecule has 2 aromatic carbocycles. The van der Waals surface area contributed by atoms with Crippen molar-refractivity contribution in [3.05, 3.63) is 72.1 Å². The van der Waals surface area contributed by atoms with Gasteiger partial charge in [-0.3, -0.25) is 4.79 Å². The molecule has 1 aromatic heterocycles. The fourth-order valence-electron chi connectivity index (χ4n) is 3.63. The first kappa shape index (κ1) is 19.2. The highest BCUT2D eigenvalue weighted by Gasteiger charge is 2.29. The second-order valence-corrected chi connectivity index (χ2v) is 7.60. The average molecular weight is 418 g/mol. The van der Waals surface area contributed by atoms with Crippen LogP contribution in [-0.2, 0) is 16.1 Å². The van der Waals surface area contributed by atoms with Gasteiger partial charge in [0.25, 0.3) is 5.91 Å². The highest BCUT2D eigenvalue weighted by atomic mass is 16.7. The molecule has 0 bridgehead atoms. The Hall–Kier alpha value is -3.81. The average Bonchev–Trinajstić information content (AvgIpc) is 3.54. The summed E-state index contributed by atoms with van der Waals surface area (Å²) in [6.45, 7) is 2.17. The molecule has 1 amide bonds. The van der Waals surface area contributed by atoms with E-state index in [0.29, 0.717) is 12.8 Å². The van der Waals surface area contributed by atoms with Gasteiger partial charge in [0.2, 0.25) is 12.9 Å². The topological polar surface area (TPSA) is 87.0 Å². The molecule has 158 valence electrons. The lowest BCUT2D eigenvalue weighted by Crippen LogP contribution is -2.36. The van der Waals surface area contributed by atoms with Crippen molar-refractivity contribution in [3.8, 4) is 17.2 Å². The number of hydrogen-bond acceptors (Lipinski definition) is 6. The summed E-state index contributed by atoms with van der Waals surface area (Å²) in [7, 11) is 0. The summed E-state index contributed by atoms with van der Waals surface area (Å²) in [4.78, 5) is 18.1. The van der Waals surface area contributed by atoms with E-state index in [2.05, 4.69) is 15.6 Å². The predicted molar refractivity (Wildman–Crippen MR) is 113 cm³/mol. The van der Waals surface area contributed by atoms with E-state index >= 15 is 0 Å². The second kappa shape index (κ2) is 8.14. The molecular weight excluding hydrogens is 396 g/mol. The number of carbonyl (C=O) groups excluding carboxylic acids is 1. The maximum absolute atomic E-state index is 12.7. The summed E-state index contributed by atoms with van der Waals surface area (Å²) >= 11 is 0. The Bertz CT molecular complexity index is 1130. The van der Waals surface area contributed by atoms with Crippen LogP contribution in [0.25, 0.3) is 5.69 Å². The lowest BCUT2D eigenvalue weighted by Gasteiger charge is -2.14. The maximum Gasteiger partial charge on any atom is 0.264 e. The number of aromatic nitrogens is 2. The normalized spacial score (nSPS) is 17.7. The molecule has 2 aliphatic rings. The molecule has 31 heavy (non-hydrogen) atoms. The summed E-state index contributed by atoms with van der Waals surface area (Å²) in [5, 5.41) is 11.5. The number of fused-ring (bicyclic) bond motifs is 1. The fourth-order valence-corrected chi connectivity index (χ4v) is 3.63. The highest BCUT2D eigenvalue weighted by Crippen LogP contribution is 2.33. The quantitative estimate of drug-likeness (QED) is 0.665. The van der Waals surface area contributed by atoms with Crippen LogP contribution in [0.4, 0.5) is 0 Å². The Morgan fingerprint density at radius 3 is 2.90 bits per heavy atom. The molecule has 2 aliphatic heterocycles. The molecule has 8 nitrogen and oxygen atoms in total. The van der Waals surface area contributed by atoms with Crippen LogP contribution < -0.4 is 14.8 Å². The molecule has 0 spiro atoms. The Balaban J connectivity index is 1.16. The zero-order valence-electron chi connectivity index (χ0n) is 17.0. The summed E-state index contributed by atoms with van der Waals surface area (Å²) in [5.41, 5.74) is 3.74. The number of amides is 1. The minimum atomic E-state index is -0.629. The molecule has 0 unspecified atom stereocenters. The number of rotatable bonds is 6. The Kier molecular flexibility index (Phi) is 5.03. The smallest absolute Gasteiger partial charge is 0.264 e. The van der Waals surface area contributed by atoms with Gasteiger partial charge in [0.1, 0.15) is 0 Å². The van der Waals surface area contributed by atoms with Gasteiger partial charge in [0.05, 0.1) is 23.6 Å². The van der Waals surface area contributed by atoms with E-state index in [4.69, 9.17) is 14.3 Å². The van der Waals surface area contributed by atoms with Crippen molar-refractivity contribution in [1.82, 2.24) is 15.1 Å². The number of carbonyl (C=O) groups is 1. The van der Waals surface area contributed by atoms with Crippen molar-refractivity contribution in [3.63, 3.8) is 0 Å². The van der Waals surface area contributed by atoms with Gasteiger partial charge >= 0.3 is 0 Å². The van der Waals surface area contributed by atoms with Crippen LogP contribution >= 0.6 is 0 Å². The van der Waals surface area contributed by atoms with Gasteiger partial charge < -0.3 is 19.6 Å². The number of hydrogen-bond donors (Lipinski definition) is 1. The Morgan fingerprint density at radius 2 is 2.03 bits per heavy atom. The molecule has 3 aromatic rings. The minimum absolute atomic E-state index is 0.190. The third-order valence-corrected chi connectivity index (χ3v) is 5.35. The molecule has 3 heterocycles. The van der Waals surface area contributed by atoms with E-state index in [0.717, 1.165) is 34.0 Å². The van der Waals surface area contributed by atoms with Crippen molar-refractivity contribution in [1.29, 1.82) is 0 Å². The van der Waals surface area contributed by atoms with E-state index in [9.17, 15) is 4.79 Å². The van der Waals surface area contributed by atoms with Crippen molar-refractivity contribution < 1.29 is 19.1 Å². The highest BCUT2D eigenvalue weighted by molar-refractivity contribution is 5.94. The van der Waals surface area contributed by atoms with Gasteiger partial charge in [0, 0.05) is 24.6 Å². The fraction of sp³-hybridized carbons (Fsp3) is 0.261. The monoisotopic (exact) mass is 418 g/mol. The van der Waals surface area contributed by atoms with Crippen LogP contribution in [0.5, 0.6) is 11.5 Å². The van der Waals surface area contributed by atoms with Gasteiger partial charge in [-0.15, -0.1) is 0 Å². The summed E-state index contributed by atoms with van der Waals surface area (Å²) in [6.07, 6.45) is 4.10.